The number of amides is 1. The number of benzene rings is 2. The number of nitrogens with zero attached hydrogens (tertiary/aromatic N) is 2. The fourth-order valence-corrected chi connectivity index (χ4v) is 3.52. The van der Waals surface area contributed by atoms with E-state index in [0.717, 1.165) is 43.4 Å². The van der Waals surface area contributed by atoms with Crippen LogP contribution < -0.4 is 16.0 Å². The van der Waals surface area contributed by atoms with Crippen LogP contribution in [-0.2, 0) is 0 Å². The summed E-state index contributed by atoms with van der Waals surface area (Å²) in [7, 11) is 0. The van der Waals surface area contributed by atoms with Gasteiger partial charge in [0.2, 0.25) is 0 Å². The molecule has 3 N–H and O–H groups in total. The molecule has 1 saturated heterocycles. The first kappa shape index (κ1) is 18.5. The van der Waals surface area contributed by atoms with E-state index in [-0.39, 0.29) is 0 Å². The zero-order valence-electron chi connectivity index (χ0n) is 15.0. The molecule has 0 aliphatic carbocycles. The number of halogens is 1. The second kappa shape index (κ2) is 8.43. The van der Waals surface area contributed by atoms with Gasteiger partial charge in [-0.05, 0) is 37.3 Å². The van der Waals surface area contributed by atoms with Crippen molar-refractivity contribution in [1.29, 1.82) is 0 Å². The van der Waals surface area contributed by atoms with Gasteiger partial charge in [-0.2, -0.15) is 0 Å². The molecule has 2 aromatic carbocycles. The summed E-state index contributed by atoms with van der Waals surface area (Å²) in [5.74, 6) is -0.407. The van der Waals surface area contributed by atoms with E-state index < -0.39 is 5.91 Å². The van der Waals surface area contributed by atoms with E-state index in [1.807, 2.05) is 36.4 Å². The Morgan fingerprint density at radius 1 is 1.15 bits per heavy atom. The zero-order valence-corrected chi connectivity index (χ0v) is 15.7. The summed E-state index contributed by atoms with van der Waals surface area (Å²) in [6.07, 6.45) is 0. The van der Waals surface area contributed by atoms with Crippen molar-refractivity contribution >= 4 is 28.9 Å². The maximum absolute atomic E-state index is 11.5. The Hall–Kier alpha value is -2.24. The Bertz CT molecular complexity index is 759. The first-order valence-electron chi connectivity index (χ1n) is 8.92. The van der Waals surface area contributed by atoms with E-state index in [1.165, 1.54) is 5.69 Å². The second-order valence-corrected chi connectivity index (χ2v) is 7.08. The molecule has 6 heteroatoms. The summed E-state index contributed by atoms with van der Waals surface area (Å²) in [4.78, 5) is 16.3. The number of carbonyl (C=O) groups is 1. The van der Waals surface area contributed by atoms with Crippen molar-refractivity contribution < 1.29 is 4.79 Å². The van der Waals surface area contributed by atoms with Gasteiger partial charge in [-0.15, -0.1) is 0 Å². The highest BCUT2D eigenvalue weighted by atomic mass is 35.5. The van der Waals surface area contributed by atoms with Crippen LogP contribution in [0.1, 0.15) is 17.3 Å². The third-order valence-electron chi connectivity index (χ3n) is 4.89. The van der Waals surface area contributed by atoms with Crippen LogP contribution >= 0.6 is 11.6 Å². The summed E-state index contributed by atoms with van der Waals surface area (Å²) in [5, 5.41) is 4.14. The maximum atomic E-state index is 11.5. The van der Waals surface area contributed by atoms with Crippen LogP contribution in [0.15, 0.2) is 48.5 Å². The number of hydrogen-bond acceptors (Lipinski definition) is 4. The molecule has 3 rings (SSSR count). The minimum Gasteiger partial charge on any atom is -0.383 e. The van der Waals surface area contributed by atoms with Crippen LogP contribution in [-0.4, -0.2) is 49.6 Å². The predicted octanol–water partition coefficient (Wildman–Crippen LogP) is 3.06. The lowest BCUT2D eigenvalue weighted by molar-refractivity contribution is 0.100. The number of nitrogens with two attached hydrogens (primary N) is 1. The molecule has 1 aliphatic rings. The molecule has 26 heavy (non-hydrogen) atoms. The highest BCUT2D eigenvalue weighted by Gasteiger charge is 2.21. The molecule has 1 aliphatic heterocycles. The van der Waals surface area contributed by atoms with E-state index in [9.17, 15) is 4.79 Å². The van der Waals surface area contributed by atoms with E-state index in [0.29, 0.717) is 11.6 Å². The van der Waals surface area contributed by atoms with E-state index in [4.69, 9.17) is 17.3 Å². The number of piperazine rings is 1. The molecule has 1 fully saturated rings. The van der Waals surface area contributed by atoms with Gasteiger partial charge in [0.15, 0.2) is 0 Å². The number of para-hydroxylation sites is 1. The highest BCUT2D eigenvalue weighted by Crippen LogP contribution is 2.21. The SMILES string of the molecule is CC(CNc1ccccc1C(N)=O)N1CCN(c2cccc(Cl)c2)CC1. The zero-order chi connectivity index (χ0) is 18.5. The van der Waals surface area contributed by atoms with Crippen molar-refractivity contribution in [3.8, 4) is 0 Å². The lowest BCUT2D eigenvalue weighted by Gasteiger charge is -2.39. The van der Waals surface area contributed by atoms with Gasteiger partial charge < -0.3 is 16.0 Å². The molecule has 0 aromatic heterocycles. The summed E-state index contributed by atoms with van der Waals surface area (Å²) in [6.45, 7) is 6.90. The lowest BCUT2D eigenvalue weighted by atomic mass is 10.1. The maximum Gasteiger partial charge on any atom is 0.250 e. The number of primary amides is 1. The molecule has 0 spiro atoms. The Balaban J connectivity index is 1.53. The lowest BCUT2D eigenvalue weighted by Crippen LogP contribution is -2.51. The summed E-state index contributed by atoms with van der Waals surface area (Å²) in [6, 6.07) is 15.7. The third kappa shape index (κ3) is 4.48. The Morgan fingerprint density at radius 3 is 2.58 bits per heavy atom. The monoisotopic (exact) mass is 372 g/mol. The second-order valence-electron chi connectivity index (χ2n) is 6.64. The average molecular weight is 373 g/mol. The Morgan fingerprint density at radius 2 is 1.88 bits per heavy atom. The standard InChI is InChI=1S/C20H25ClN4O/c1-15(14-23-19-8-3-2-7-18(19)20(22)26)24-9-11-25(12-10-24)17-6-4-5-16(21)13-17/h2-8,13,15,23H,9-12,14H2,1H3,(H2,22,26). The minimum absolute atomic E-state index is 0.359. The largest absolute Gasteiger partial charge is 0.383 e. The van der Waals surface area contributed by atoms with E-state index in [1.54, 1.807) is 6.07 Å². The van der Waals surface area contributed by atoms with Crippen molar-refractivity contribution in [2.24, 2.45) is 5.73 Å². The molecular weight excluding hydrogens is 348 g/mol. The van der Waals surface area contributed by atoms with Crippen LogP contribution in [0.4, 0.5) is 11.4 Å². The highest BCUT2D eigenvalue weighted by molar-refractivity contribution is 6.30. The summed E-state index contributed by atoms with van der Waals surface area (Å²) < 4.78 is 0. The first-order valence-corrected chi connectivity index (χ1v) is 9.29. The van der Waals surface area contributed by atoms with Gasteiger partial charge in [-0.1, -0.05) is 29.8 Å². The van der Waals surface area contributed by atoms with Crippen molar-refractivity contribution in [3.63, 3.8) is 0 Å². The molecule has 0 radical (unpaired) electrons. The van der Waals surface area contributed by atoms with Crippen LogP contribution in [0.2, 0.25) is 5.02 Å². The molecule has 2 aromatic rings. The molecule has 1 amide bonds. The van der Waals surface area contributed by atoms with Crippen molar-refractivity contribution in [2.75, 3.05) is 42.9 Å². The van der Waals surface area contributed by atoms with Crippen molar-refractivity contribution in [2.45, 2.75) is 13.0 Å². The van der Waals surface area contributed by atoms with Gasteiger partial charge in [-0.25, -0.2) is 0 Å². The molecule has 1 unspecified atom stereocenters. The summed E-state index contributed by atoms with van der Waals surface area (Å²) in [5.41, 5.74) is 7.95. The quantitative estimate of drug-likeness (QED) is 0.818. The first-order chi connectivity index (χ1) is 12.5. The van der Waals surface area contributed by atoms with Crippen LogP contribution in [0, 0.1) is 0 Å². The molecular formula is C20H25ClN4O. The minimum atomic E-state index is -0.407. The molecule has 0 bridgehead atoms. The van der Waals surface area contributed by atoms with Gasteiger partial charge in [0.25, 0.3) is 5.91 Å². The normalized spacial score (nSPS) is 16.3. The summed E-state index contributed by atoms with van der Waals surface area (Å²) >= 11 is 6.10. The van der Waals surface area contributed by atoms with Gasteiger partial charge in [0.05, 0.1) is 5.56 Å². The van der Waals surface area contributed by atoms with E-state index in [2.05, 4.69) is 28.1 Å². The fraction of sp³-hybridized carbons (Fsp3) is 0.350. The van der Waals surface area contributed by atoms with Gasteiger partial charge >= 0.3 is 0 Å². The average Bonchev–Trinajstić information content (AvgIpc) is 2.66. The molecule has 1 heterocycles. The number of carbonyl (C=O) groups excluding carboxylic acids is 1. The Labute approximate surface area is 159 Å². The van der Waals surface area contributed by atoms with Gasteiger partial charge in [0, 0.05) is 55.2 Å². The molecule has 1 atom stereocenters. The molecule has 138 valence electrons. The molecule has 5 nitrogen and oxygen atoms in total. The molecule has 0 saturated carbocycles. The van der Waals surface area contributed by atoms with E-state index >= 15 is 0 Å². The van der Waals surface area contributed by atoms with Gasteiger partial charge in [0.1, 0.15) is 0 Å². The topological polar surface area (TPSA) is 61.6 Å². The Kier molecular flexibility index (Phi) is 6.01. The number of anilines is 2. The smallest absolute Gasteiger partial charge is 0.250 e. The predicted molar refractivity (Wildman–Crippen MR) is 108 cm³/mol. The number of rotatable bonds is 6. The van der Waals surface area contributed by atoms with Crippen molar-refractivity contribution in [3.05, 3.63) is 59.1 Å². The third-order valence-corrected chi connectivity index (χ3v) is 5.13. The fourth-order valence-electron chi connectivity index (χ4n) is 3.33. The number of hydrogen-bond donors (Lipinski definition) is 2. The van der Waals surface area contributed by atoms with Crippen LogP contribution in [0.25, 0.3) is 0 Å². The van der Waals surface area contributed by atoms with Gasteiger partial charge in [-0.3, -0.25) is 9.69 Å². The van der Waals surface area contributed by atoms with Crippen LogP contribution in [0.5, 0.6) is 0 Å². The van der Waals surface area contributed by atoms with Crippen molar-refractivity contribution in [1.82, 2.24) is 4.90 Å². The number of nitrogens with one attached hydrogen (secondary N) is 1. The van der Waals surface area contributed by atoms with Crippen LogP contribution in [0.3, 0.4) is 0 Å².